The van der Waals surface area contributed by atoms with E-state index in [-0.39, 0.29) is 10.8 Å². The zero-order valence-electron chi connectivity index (χ0n) is 13.7. The van der Waals surface area contributed by atoms with Crippen molar-refractivity contribution in [1.82, 2.24) is 9.47 Å². The fourth-order valence-electron chi connectivity index (χ4n) is 2.79. The molecule has 2 aromatic heterocycles. The van der Waals surface area contributed by atoms with Crippen molar-refractivity contribution in [3.8, 4) is 0 Å². The van der Waals surface area contributed by atoms with Gasteiger partial charge in [0.25, 0.3) is 0 Å². The van der Waals surface area contributed by atoms with Crippen LogP contribution in [0.1, 0.15) is 42.9 Å². The largest absolute Gasteiger partial charge is 0.464 e. The molecule has 23 heavy (non-hydrogen) atoms. The average Bonchev–Trinajstić information content (AvgIpc) is 2.92. The van der Waals surface area contributed by atoms with Gasteiger partial charge in [-0.1, -0.05) is 18.3 Å². The minimum absolute atomic E-state index is 0.00724. The highest BCUT2D eigenvalue weighted by molar-refractivity contribution is 7.07. The van der Waals surface area contributed by atoms with Crippen LogP contribution in [-0.4, -0.2) is 22.4 Å². The van der Waals surface area contributed by atoms with Gasteiger partial charge in [-0.3, -0.25) is 9.59 Å². The molecule has 1 saturated carbocycles. The highest BCUT2D eigenvalue weighted by atomic mass is 32.1. The Morgan fingerprint density at radius 3 is 2.83 bits per heavy atom. The van der Waals surface area contributed by atoms with E-state index in [9.17, 15) is 9.59 Å². The molecule has 0 bridgehead atoms. The molecule has 1 amide bonds. The Hall–Kier alpha value is -1.82. The maximum atomic E-state index is 12.2. The highest BCUT2D eigenvalue weighted by Crippen LogP contribution is 2.47. The fraction of sp³-hybridized carbons (Fsp3) is 0.529. The van der Waals surface area contributed by atoms with Crippen LogP contribution in [0.25, 0.3) is 0 Å². The standard InChI is InChI=1S/C17H22N2O3S/c1-11-8-14(11)15-5-4-13(22-15)9-18(3)16(20)6-7-19-12(2)10-23-17(19)21/h4-5,10-11,14H,6-9H2,1-3H3. The molecular weight excluding hydrogens is 312 g/mol. The zero-order valence-corrected chi connectivity index (χ0v) is 14.6. The van der Waals surface area contributed by atoms with Gasteiger partial charge in [-0.2, -0.15) is 0 Å². The van der Waals surface area contributed by atoms with E-state index in [1.165, 1.54) is 17.8 Å². The molecule has 0 radical (unpaired) electrons. The summed E-state index contributed by atoms with van der Waals surface area (Å²) in [5.41, 5.74) is 0.907. The number of rotatable bonds is 6. The Bertz CT molecular complexity index is 758. The van der Waals surface area contributed by atoms with E-state index in [1.807, 2.05) is 24.4 Å². The predicted octanol–water partition coefficient (Wildman–Crippen LogP) is 2.98. The number of carbonyl (C=O) groups is 1. The van der Waals surface area contributed by atoms with Gasteiger partial charge < -0.3 is 13.9 Å². The van der Waals surface area contributed by atoms with Crippen molar-refractivity contribution in [1.29, 1.82) is 0 Å². The molecule has 124 valence electrons. The Labute approximate surface area is 139 Å². The Morgan fingerprint density at radius 1 is 1.48 bits per heavy atom. The summed E-state index contributed by atoms with van der Waals surface area (Å²) in [7, 11) is 1.77. The van der Waals surface area contributed by atoms with Crippen LogP contribution in [0.3, 0.4) is 0 Å². The lowest BCUT2D eigenvalue weighted by atomic mass is 10.3. The molecule has 1 aliphatic carbocycles. The van der Waals surface area contributed by atoms with E-state index >= 15 is 0 Å². The van der Waals surface area contributed by atoms with E-state index in [1.54, 1.807) is 16.5 Å². The molecule has 3 rings (SSSR count). The van der Waals surface area contributed by atoms with Crippen molar-refractivity contribution in [2.45, 2.75) is 45.7 Å². The van der Waals surface area contributed by atoms with Crippen LogP contribution in [0.4, 0.5) is 0 Å². The van der Waals surface area contributed by atoms with Gasteiger partial charge in [-0.05, 0) is 31.4 Å². The summed E-state index contributed by atoms with van der Waals surface area (Å²) in [5, 5.41) is 1.82. The maximum absolute atomic E-state index is 12.2. The van der Waals surface area contributed by atoms with Crippen LogP contribution in [0.5, 0.6) is 0 Å². The third-order valence-corrected chi connectivity index (χ3v) is 5.38. The quantitative estimate of drug-likeness (QED) is 0.816. The number of carbonyl (C=O) groups excluding carboxylic acids is 1. The number of hydrogen-bond acceptors (Lipinski definition) is 4. The van der Waals surface area contributed by atoms with Gasteiger partial charge >= 0.3 is 4.87 Å². The van der Waals surface area contributed by atoms with Crippen molar-refractivity contribution in [2.75, 3.05) is 7.05 Å². The van der Waals surface area contributed by atoms with Gasteiger partial charge in [0.05, 0.1) is 6.54 Å². The predicted molar refractivity (Wildman–Crippen MR) is 89.6 cm³/mol. The number of thiazole rings is 1. The molecule has 2 aromatic rings. The molecule has 2 unspecified atom stereocenters. The lowest BCUT2D eigenvalue weighted by molar-refractivity contribution is -0.130. The first kappa shape index (κ1) is 16.1. The Kier molecular flexibility index (Phi) is 4.43. The van der Waals surface area contributed by atoms with Crippen molar-refractivity contribution in [3.05, 3.63) is 44.4 Å². The Balaban J connectivity index is 1.53. The van der Waals surface area contributed by atoms with Gasteiger partial charge in [0.2, 0.25) is 5.91 Å². The Morgan fingerprint density at radius 2 is 2.22 bits per heavy atom. The topological polar surface area (TPSA) is 55.5 Å². The first-order valence-electron chi connectivity index (χ1n) is 7.93. The molecule has 0 aliphatic heterocycles. The maximum Gasteiger partial charge on any atom is 0.307 e. The van der Waals surface area contributed by atoms with E-state index in [4.69, 9.17) is 4.42 Å². The zero-order chi connectivity index (χ0) is 16.6. The summed E-state index contributed by atoms with van der Waals surface area (Å²) in [6.07, 6.45) is 1.51. The van der Waals surface area contributed by atoms with Crippen molar-refractivity contribution in [2.24, 2.45) is 5.92 Å². The number of nitrogens with zero attached hydrogens (tertiary/aromatic N) is 2. The molecule has 1 aliphatic rings. The minimum atomic E-state index is -0.00724. The highest BCUT2D eigenvalue weighted by Gasteiger charge is 2.36. The molecule has 0 N–H and O–H groups in total. The summed E-state index contributed by atoms with van der Waals surface area (Å²) in [6.45, 7) is 5.00. The van der Waals surface area contributed by atoms with Gasteiger partial charge in [0.1, 0.15) is 11.5 Å². The molecule has 1 fully saturated rings. The van der Waals surface area contributed by atoms with E-state index in [0.29, 0.717) is 31.3 Å². The number of amides is 1. The summed E-state index contributed by atoms with van der Waals surface area (Å²) >= 11 is 1.17. The van der Waals surface area contributed by atoms with Crippen LogP contribution in [0.15, 0.2) is 26.7 Å². The monoisotopic (exact) mass is 334 g/mol. The second-order valence-corrected chi connectivity index (χ2v) is 7.24. The van der Waals surface area contributed by atoms with Crippen molar-refractivity contribution >= 4 is 17.2 Å². The second kappa shape index (κ2) is 6.35. The van der Waals surface area contributed by atoms with E-state index in [0.717, 1.165) is 17.2 Å². The number of aromatic nitrogens is 1. The van der Waals surface area contributed by atoms with E-state index < -0.39 is 0 Å². The molecule has 2 heterocycles. The van der Waals surface area contributed by atoms with Crippen LogP contribution < -0.4 is 4.87 Å². The summed E-state index contributed by atoms with van der Waals surface area (Å²) < 4.78 is 7.49. The van der Waals surface area contributed by atoms with Gasteiger partial charge in [0, 0.05) is 37.0 Å². The van der Waals surface area contributed by atoms with Crippen LogP contribution in [-0.2, 0) is 17.9 Å². The van der Waals surface area contributed by atoms with Gasteiger partial charge in [-0.15, -0.1) is 0 Å². The smallest absolute Gasteiger partial charge is 0.307 e. The SMILES string of the molecule is Cc1csc(=O)n1CCC(=O)N(C)Cc1ccc(C2CC2C)o1. The molecule has 0 aromatic carbocycles. The van der Waals surface area contributed by atoms with Crippen molar-refractivity contribution in [3.63, 3.8) is 0 Å². The van der Waals surface area contributed by atoms with Gasteiger partial charge in [0.15, 0.2) is 0 Å². The van der Waals surface area contributed by atoms with E-state index in [2.05, 4.69) is 6.92 Å². The summed E-state index contributed by atoms with van der Waals surface area (Å²) in [6, 6.07) is 3.98. The first-order valence-corrected chi connectivity index (χ1v) is 8.81. The molecule has 5 nitrogen and oxygen atoms in total. The number of furan rings is 1. The third-order valence-electron chi connectivity index (χ3n) is 4.50. The second-order valence-electron chi connectivity index (χ2n) is 6.42. The first-order chi connectivity index (χ1) is 11.0. The number of aryl methyl sites for hydroxylation is 1. The molecule has 2 atom stereocenters. The summed E-state index contributed by atoms with van der Waals surface area (Å²) in [5.74, 6) is 3.13. The normalized spacial score (nSPS) is 19.8. The molecular formula is C17H22N2O3S. The van der Waals surface area contributed by atoms with Gasteiger partial charge in [-0.25, -0.2) is 0 Å². The lowest BCUT2D eigenvalue weighted by Gasteiger charge is -2.16. The lowest BCUT2D eigenvalue weighted by Crippen LogP contribution is -2.28. The van der Waals surface area contributed by atoms with Crippen LogP contribution in [0, 0.1) is 12.8 Å². The van der Waals surface area contributed by atoms with Crippen molar-refractivity contribution < 1.29 is 9.21 Å². The average molecular weight is 334 g/mol. The number of hydrogen-bond donors (Lipinski definition) is 0. The molecule has 0 spiro atoms. The molecule has 6 heteroatoms. The fourth-order valence-corrected chi connectivity index (χ4v) is 3.55. The molecule has 0 saturated heterocycles. The van der Waals surface area contributed by atoms with Crippen LogP contribution >= 0.6 is 11.3 Å². The third kappa shape index (κ3) is 3.58. The minimum Gasteiger partial charge on any atom is -0.464 e. The van der Waals surface area contributed by atoms with Crippen LogP contribution in [0.2, 0.25) is 0 Å². The summed E-state index contributed by atoms with van der Waals surface area (Å²) in [4.78, 5) is 25.5.